The zero-order valence-electron chi connectivity index (χ0n) is 11.2. The molecule has 3 nitrogen and oxygen atoms in total. The topological polar surface area (TPSA) is 30.5 Å². The summed E-state index contributed by atoms with van der Waals surface area (Å²) in [5.74, 6) is 2.37. The Morgan fingerprint density at radius 3 is 2.89 bits per heavy atom. The van der Waals surface area contributed by atoms with Gasteiger partial charge in [-0.2, -0.15) is 11.8 Å². The van der Waals surface area contributed by atoms with Crippen molar-refractivity contribution in [3.63, 3.8) is 0 Å². The van der Waals surface area contributed by atoms with Gasteiger partial charge in [0.15, 0.2) is 0 Å². The van der Waals surface area contributed by atoms with Gasteiger partial charge in [0.1, 0.15) is 6.61 Å². The Bertz CT molecular complexity index is 258. The van der Waals surface area contributed by atoms with E-state index in [2.05, 4.69) is 5.32 Å². The normalized spacial score (nSPS) is 27.0. The maximum Gasteiger partial charge on any atom is 0.261 e. The van der Waals surface area contributed by atoms with Crippen LogP contribution in [0.15, 0.2) is 0 Å². The van der Waals surface area contributed by atoms with E-state index in [0.29, 0.717) is 19.2 Å². The molecule has 0 amide bonds. The molecule has 19 heavy (non-hydrogen) atoms. The molecule has 1 atom stereocenters. The lowest BCUT2D eigenvalue weighted by Gasteiger charge is -2.43. The molecular formula is C13H23F2NO2S. The summed E-state index contributed by atoms with van der Waals surface area (Å²) in [5, 5.41) is 3.41. The van der Waals surface area contributed by atoms with E-state index in [4.69, 9.17) is 9.47 Å². The molecule has 0 aromatic carbocycles. The van der Waals surface area contributed by atoms with Gasteiger partial charge in [0, 0.05) is 19.2 Å². The molecule has 0 radical (unpaired) electrons. The molecule has 0 bridgehead atoms. The summed E-state index contributed by atoms with van der Waals surface area (Å²) in [6.45, 7) is 1.34. The number of ether oxygens (including phenoxy) is 2. The van der Waals surface area contributed by atoms with Crippen LogP contribution in [0.5, 0.6) is 0 Å². The van der Waals surface area contributed by atoms with Crippen molar-refractivity contribution in [1.82, 2.24) is 5.32 Å². The number of halogens is 2. The van der Waals surface area contributed by atoms with E-state index < -0.39 is 13.0 Å². The van der Waals surface area contributed by atoms with Crippen molar-refractivity contribution in [2.75, 3.05) is 37.9 Å². The molecule has 1 unspecified atom stereocenters. The van der Waals surface area contributed by atoms with Crippen molar-refractivity contribution < 1.29 is 18.3 Å². The lowest BCUT2D eigenvalue weighted by Crippen LogP contribution is -2.49. The van der Waals surface area contributed by atoms with Crippen LogP contribution in [-0.4, -0.2) is 55.9 Å². The zero-order chi connectivity index (χ0) is 13.6. The monoisotopic (exact) mass is 295 g/mol. The van der Waals surface area contributed by atoms with Gasteiger partial charge in [-0.25, -0.2) is 8.78 Å². The Kier molecular flexibility index (Phi) is 6.32. The predicted molar refractivity (Wildman–Crippen MR) is 73.1 cm³/mol. The number of alkyl halides is 2. The second kappa shape index (κ2) is 7.76. The Hall–Kier alpha value is 0.0900. The van der Waals surface area contributed by atoms with Crippen molar-refractivity contribution in [2.24, 2.45) is 0 Å². The summed E-state index contributed by atoms with van der Waals surface area (Å²) >= 11 is 2.00. The largest absolute Gasteiger partial charge is 0.375 e. The van der Waals surface area contributed by atoms with Crippen molar-refractivity contribution >= 4 is 11.8 Å². The molecule has 2 aliphatic rings. The van der Waals surface area contributed by atoms with E-state index in [1.165, 1.54) is 11.5 Å². The van der Waals surface area contributed by atoms with Crippen molar-refractivity contribution in [3.8, 4) is 0 Å². The quantitative estimate of drug-likeness (QED) is 0.762. The lowest BCUT2D eigenvalue weighted by molar-refractivity contribution is -0.0936. The fraction of sp³-hybridized carbons (Fsp3) is 1.00. The molecule has 2 heterocycles. The molecule has 112 valence electrons. The SMILES string of the molecule is FC(F)COCCNC1CCOC2(CCSCC2)C1. The van der Waals surface area contributed by atoms with Crippen LogP contribution in [0.2, 0.25) is 0 Å². The van der Waals surface area contributed by atoms with Gasteiger partial charge in [-0.3, -0.25) is 0 Å². The molecule has 0 saturated carbocycles. The van der Waals surface area contributed by atoms with E-state index in [9.17, 15) is 8.78 Å². The minimum atomic E-state index is -2.37. The first kappa shape index (κ1) is 15.5. The molecule has 0 aromatic rings. The van der Waals surface area contributed by atoms with E-state index in [0.717, 1.165) is 32.3 Å². The smallest absolute Gasteiger partial charge is 0.261 e. The predicted octanol–water partition coefficient (Wildman–Crippen LogP) is 2.30. The van der Waals surface area contributed by atoms with Crippen LogP contribution >= 0.6 is 11.8 Å². The summed E-state index contributed by atoms with van der Waals surface area (Å²) in [6.07, 6.45) is 1.95. The summed E-state index contributed by atoms with van der Waals surface area (Å²) in [7, 11) is 0. The van der Waals surface area contributed by atoms with Crippen molar-refractivity contribution in [2.45, 2.75) is 43.8 Å². The number of rotatable bonds is 6. The van der Waals surface area contributed by atoms with E-state index in [1.54, 1.807) is 0 Å². The average molecular weight is 295 g/mol. The van der Waals surface area contributed by atoms with Crippen molar-refractivity contribution in [1.29, 1.82) is 0 Å². The molecule has 1 spiro atoms. The first-order valence-electron chi connectivity index (χ1n) is 7.01. The number of hydrogen-bond donors (Lipinski definition) is 1. The molecule has 2 rings (SSSR count). The highest BCUT2D eigenvalue weighted by Gasteiger charge is 2.38. The van der Waals surface area contributed by atoms with Gasteiger partial charge in [0.05, 0.1) is 12.2 Å². The minimum absolute atomic E-state index is 0.0744. The molecule has 6 heteroatoms. The van der Waals surface area contributed by atoms with E-state index in [-0.39, 0.29) is 5.60 Å². The Labute approximate surface area is 117 Å². The molecular weight excluding hydrogens is 272 g/mol. The Morgan fingerprint density at radius 1 is 1.37 bits per heavy atom. The zero-order valence-corrected chi connectivity index (χ0v) is 12.0. The first-order chi connectivity index (χ1) is 9.20. The highest BCUT2D eigenvalue weighted by molar-refractivity contribution is 7.99. The third-order valence-electron chi connectivity index (χ3n) is 3.82. The van der Waals surface area contributed by atoms with Crippen LogP contribution in [0.25, 0.3) is 0 Å². The van der Waals surface area contributed by atoms with E-state index in [1.807, 2.05) is 11.8 Å². The van der Waals surface area contributed by atoms with Gasteiger partial charge >= 0.3 is 0 Å². The molecule has 2 saturated heterocycles. The average Bonchev–Trinajstić information content (AvgIpc) is 2.39. The van der Waals surface area contributed by atoms with Gasteiger partial charge in [0.25, 0.3) is 6.43 Å². The Balaban J connectivity index is 1.64. The summed E-state index contributed by atoms with van der Waals surface area (Å²) in [4.78, 5) is 0. The fourth-order valence-electron chi connectivity index (χ4n) is 2.80. The second-order valence-corrected chi connectivity index (χ2v) is 6.48. The van der Waals surface area contributed by atoms with Gasteiger partial charge in [-0.1, -0.05) is 0 Å². The first-order valence-corrected chi connectivity index (χ1v) is 8.17. The molecule has 1 N–H and O–H groups in total. The van der Waals surface area contributed by atoms with Crippen LogP contribution in [-0.2, 0) is 9.47 Å². The van der Waals surface area contributed by atoms with Gasteiger partial charge in [0.2, 0.25) is 0 Å². The standard InChI is InChI=1S/C13H23F2NO2S/c14-12(15)10-17-6-4-16-11-1-5-18-13(9-11)2-7-19-8-3-13/h11-12,16H,1-10H2. The maximum absolute atomic E-state index is 11.9. The van der Waals surface area contributed by atoms with Crippen LogP contribution in [0, 0.1) is 0 Å². The molecule has 2 fully saturated rings. The Morgan fingerprint density at radius 2 is 2.16 bits per heavy atom. The fourth-order valence-corrected chi connectivity index (χ4v) is 4.04. The summed E-state index contributed by atoms with van der Waals surface area (Å²) < 4.78 is 34.7. The number of nitrogens with one attached hydrogen (secondary N) is 1. The van der Waals surface area contributed by atoms with Crippen LogP contribution in [0.1, 0.15) is 25.7 Å². The summed E-state index contributed by atoms with van der Waals surface area (Å²) in [5.41, 5.74) is 0.0744. The molecule has 0 aromatic heterocycles. The minimum Gasteiger partial charge on any atom is -0.375 e. The maximum atomic E-state index is 11.9. The molecule has 0 aliphatic carbocycles. The highest BCUT2D eigenvalue weighted by Crippen LogP contribution is 2.37. The van der Waals surface area contributed by atoms with Crippen LogP contribution in [0.4, 0.5) is 8.78 Å². The number of thioether (sulfide) groups is 1. The van der Waals surface area contributed by atoms with Gasteiger partial charge in [-0.05, 0) is 37.2 Å². The van der Waals surface area contributed by atoms with E-state index >= 15 is 0 Å². The second-order valence-electron chi connectivity index (χ2n) is 5.25. The van der Waals surface area contributed by atoms with Crippen LogP contribution in [0.3, 0.4) is 0 Å². The third kappa shape index (κ3) is 5.17. The lowest BCUT2D eigenvalue weighted by atomic mass is 9.85. The number of hydrogen-bond acceptors (Lipinski definition) is 4. The summed E-state index contributed by atoms with van der Waals surface area (Å²) in [6, 6.07) is 0.437. The third-order valence-corrected chi connectivity index (χ3v) is 4.81. The highest BCUT2D eigenvalue weighted by atomic mass is 32.2. The van der Waals surface area contributed by atoms with Gasteiger partial charge < -0.3 is 14.8 Å². The van der Waals surface area contributed by atoms with Gasteiger partial charge in [-0.15, -0.1) is 0 Å². The van der Waals surface area contributed by atoms with Crippen molar-refractivity contribution in [3.05, 3.63) is 0 Å². The van der Waals surface area contributed by atoms with Crippen LogP contribution < -0.4 is 5.32 Å². The molecule has 2 aliphatic heterocycles.